The van der Waals surface area contributed by atoms with Crippen LogP contribution < -0.4 is 19.9 Å². The topological polar surface area (TPSA) is 70.6 Å². The molecule has 0 unspecified atom stereocenters. The van der Waals surface area contributed by atoms with Crippen molar-refractivity contribution in [2.75, 3.05) is 19.5 Å². The summed E-state index contributed by atoms with van der Waals surface area (Å²) in [6, 6.07) is 8.70. The van der Waals surface area contributed by atoms with E-state index >= 15 is 0 Å². The SMILES string of the molecule is COc1ccc(OC)c([C@@H]2Nc3c(Cl)ccc(C(=O)[O-])c3[C@H]3C=CC[C@H]32)c1. The quantitative estimate of drug-likeness (QED) is 0.816. The summed E-state index contributed by atoms with van der Waals surface area (Å²) in [6.07, 6.45) is 4.97. The third kappa shape index (κ3) is 2.82. The number of allylic oxidation sites excluding steroid dienone is 2. The standard InChI is InChI=1S/C21H20ClNO4/c1-26-11-6-9-17(27-2)15(10-11)19-13-5-3-4-12(13)18-14(21(24)25)7-8-16(22)20(18)23-19/h3-4,6-10,12-13,19,23H,5H2,1-2H3,(H,24,25)/p-1/t12-,13+,19+/m0/s1. The molecule has 2 aliphatic rings. The van der Waals surface area contributed by atoms with Gasteiger partial charge in [0, 0.05) is 17.0 Å². The summed E-state index contributed by atoms with van der Waals surface area (Å²) in [7, 11) is 3.26. The number of carboxylic acids is 1. The van der Waals surface area contributed by atoms with Crippen LogP contribution in [0.5, 0.6) is 11.5 Å². The maximum atomic E-state index is 11.7. The minimum absolute atomic E-state index is 0.0613. The first-order valence-corrected chi connectivity index (χ1v) is 9.11. The molecule has 0 saturated carbocycles. The van der Waals surface area contributed by atoms with Gasteiger partial charge in [-0.1, -0.05) is 29.8 Å². The van der Waals surface area contributed by atoms with Gasteiger partial charge >= 0.3 is 0 Å². The Kier molecular flexibility index (Phi) is 4.48. The number of rotatable bonds is 4. The number of ether oxygens (including phenoxy) is 2. The van der Waals surface area contributed by atoms with Crippen LogP contribution in [0.1, 0.15) is 39.9 Å². The van der Waals surface area contributed by atoms with Gasteiger partial charge in [0.05, 0.1) is 36.9 Å². The molecule has 5 nitrogen and oxygen atoms in total. The van der Waals surface area contributed by atoms with Crippen molar-refractivity contribution in [3.8, 4) is 11.5 Å². The molecule has 0 spiro atoms. The average molecular weight is 385 g/mol. The molecule has 1 N–H and O–H groups in total. The van der Waals surface area contributed by atoms with Gasteiger partial charge in [-0.3, -0.25) is 0 Å². The second-order valence-electron chi connectivity index (χ2n) is 6.75. The van der Waals surface area contributed by atoms with Crippen molar-refractivity contribution >= 4 is 23.3 Å². The van der Waals surface area contributed by atoms with Crippen molar-refractivity contribution in [2.45, 2.75) is 18.4 Å². The van der Waals surface area contributed by atoms with Crippen molar-refractivity contribution in [2.24, 2.45) is 5.92 Å². The predicted octanol–water partition coefficient (Wildman–Crippen LogP) is 3.55. The highest BCUT2D eigenvalue weighted by Gasteiger charge is 2.41. The van der Waals surface area contributed by atoms with Crippen LogP contribution in [0.4, 0.5) is 5.69 Å². The van der Waals surface area contributed by atoms with Gasteiger partial charge in [0.1, 0.15) is 11.5 Å². The summed E-state index contributed by atoms with van der Waals surface area (Å²) in [5.74, 6) is 0.357. The first-order chi connectivity index (χ1) is 13.0. The summed E-state index contributed by atoms with van der Waals surface area (Å²) < 4.78 is 11.0. The van der Waals surface area contributed by atoms with Crippen LogP contribution in [0.3, 0.4) is 0 Å². The normalized spacial score (nSPS) is 22.6. The Morgan fingerprint density at radius 1 is 1.22 bits per heavy atom. The minimum atomic E-state index is -1.19. The van der Waals surface area contributed by atoms with Crippen LogP contribution in [-0.4, -0.2) is 20.2 Å². The Morgan fingerprint density at radius 3 is 2.74 bits per heavy atom. The van der Waals surface area contributed by atoms with Crippen LogP contribution in [0, 0.1) is 5.92 Å². The van der Waals surface area contributed by atoms with Crippen LogP contribution in [-0.2, 0) is 0 Å². The number of methoxy groups -OCH3 is 2. The Hall–Kier alpha value is -2.66. The summed E-state index contributed by atoms with van der Waals surface area (Å²) in [5, 5.41) is 15.6. The highest BCUT2D eigenvalue weighted by atomic mass is 35.5. The van der Waals surface area contributed by atoms with E-state index in [4.69, 9.17) is 21.1 Å². The molecule has 0 radical (unpaired) electrons. The second-order valence-corrected chi connectivity index (χ2v) is 7.16. The van der Waals surface area contributed by atoms with Gasteiger partial charge in [0.15, 0.2) is 0 Å². The van der Waals surface area contributed by atoms with Gasteiger partial charge in [-0.2, -0.15) is 0 Å². The Labute approximate surface area is 162 Å². The molecule has 0 amide bonds. The van der Waals surface area contributed by atoms with Gasteiger partial charge in [0.25, 0.3) is 0 Å². The maximum absolute atomic E-state index is 11.7. The van der Waals surface area contributed by atoms with Crippen molar-refractivity contribution in [3.05, 3.63) is 64.2 Å². The number of carbonyl (C=O) groups excluding carboxylic acids is 1. The van der Waals surface area contributed by atoms with Gasteiger partial charge in [-0.15, -0.1) is 0 Å². The molecule has 1 aliphatic carbocycles. The lowest BCUT2D eigenvalue weighted by Gasteiger charge is -2.39. The number of hydrogen-bond acceptors (Lipinski definition) is 5. The summed E-state index contributed by atoms with van der Waals surface area (Å²) in [6.45, 7) is 0. The third-order valence-electron chi connectivity index (χ3n) is 5.46. The molecule has 1 heterocycles. The monoisotopic (exact) mass is 384 g/mol. The van der Waals surface area contributed by atoms with Crippen molar-refractivity contribution < 1.29 is 19.4 Å². The molecule has 2 aromatic rings. The lowest BCUT2D eigenvalue weighted by Crippen LogP contribution is -2.33. The fourth-order valence-electron chi connectivity index (χ4n) is 4.24. The zero-order valence-corrected chi connectivity index (χ0v) is 15.7. The lowest BCUT2D eigenvalue weighted by molar-refractivity contribution is -0.255. The van der Waals surface area contributed by atoms with E-state index in [0.29, 0.717) is 16.3 Å². The third-order valence-corrected chi connectivity index (χ3v) is 5.78. The average Bonchev–Trinajstić information content (AvgIpc) is 3.17. The van der Waals surface area contributed by atoms with Gasteiger partial charge < -0.3 is 24.7 Å². The molecule has 2 aromatic carbocycles. The van der Waals surface area contributed by atoms with Gasteiger partial charge in [0.2, 0.25) is 0 Å². The minimum Gasteiger partial charge on any atom is -0.545 e. The first kappa shape index (κ1) is 17.7. The molecule has 3 atom stereocenters. The van der Waals surface area contributed by atoms with Gasteiger partial charge in [-0.25, -0.2) is 0 Å². The van der Waals surface area contributed by atoms with Crippen LogP contribution >= 0.6 is 11.6 Å². The smallest absolute Gasteiger partial charge is 0.124 e. The van der Waals surface area contributed by atoms with Gasteiger partial charge in [-0.05, 0) is 42.2 Å². The molecule has 140 valence electrons. The molecule has 0 bridgehead atoms. The number of hydrogen-bond donors (Lipinski definition) is 1. The molecule has 1 aliphatic heterocycles. The summed E-state index contributed by atoms with van der Waals surface area (Å²) >= 11 is 6.44. The molecule has 27 heavy (non-hydrogen) atoms. The number of halogens is 1. The van der Waals surface area contributed by atoms with E-state index in [0.717, 1.165) is 23.5 Å². The second kappa shape index (κ2) is 6.82. The number of benzene rings is 2. The fourth-order valence-corrected chi connectivity index (χ4v) is 4.46. The molecule has 0 fully saturated rings. The highest BCUT2D eigenvalue weighted by Crippen LogP contribution is 2.54. The summed E-state index contributed by atoms with van der Waals surface area (Å²) in [5.41, 5.74) is 2.47. The van der Waals surface area contributed by atoms with Crippen LogP contribution in [0.2, 0.25) is 5.02 Å². The first-order valence-electron chi connectivity index (χ1n) is 8.74. The summed E-state index contributed by atoms with van der Waals surface area (Å²) in [4.78, 5) is 11.7. The molecule has 0 aromatic heterocycles. The van der Waals surface area contributed by atoms with E-state index in [9.17, 15) is 9.90 Å². The molecular formula is C21H19ClNO4-. The molecule has 6 heteroatoms. The number of nitrogens with one attached hydrogen (secondary N) is 1. The van der Waals surface area contributed by atoms with E-state index in [1.807, 2.05) is 18.2 Å². The Bertz CT molecular complexity index is 940. The lowest BCUT2D eigenvalue weighted by atomic mass is 9.75. The van der Waals surface area contributed by atoms with E-state index in [-0.39, 0.29) is 23.4 Å². The maximum Gasteiger partial charge on any atom is 0.124 e. The van der Waals surface area contributed by atoms with Crippen molar-refractivity contribution in [1.29, 1.82) is 0 Å². The Balaban J connectivity index is 1.89. The van der Waals surface area contributed by atoms with E-state index < -0.39 is 5.97 Å². The Morgan fingerprint density at radius 2 is 2.04 bits per heavy atom. The van der Waals surface area contributed by atoms with E-state index in [1.54, 1.807) is 20.3 Å². The van der Waals surface area contributed by atoms with Crippen LogP contribution in [0.15, 0.2) is 42.5 Å². The number of carbonyl (C=O) groups is 1. The van der Waals surface area contributed by atoms with Crippen molar-refractivity contribution in [1.82, 2.24) is 0 Å². The zero-order chi connectivity index (χ0) is 19.1. The number of aromatic carboxylic acids is 1. The number of anilines is 1. The van der Waals surface area contributed by atoms with Crippen molar-refractivity contribution in [3.63, 3.8) is 0 Å². The zero-order valence-electron chi connectivity index (χ0n) is 15.0. The predicted molar refractivity (Wildman–Crippen MR) is 102 cm³/mol. The highest BCUT2D eigenvalue weighted by molar-refractivity contribution is 6.33. The van der Waals surface area contributed by atoms with E-state index in [2.05, 4.69) is 17.5 Å². The fraction of sp³-hybridized carbons (Fsp3) is 0.286. The largest absolute Gasteiger partial charge is 0.545 e. The number of fused-ring (bicyclic) bond motifs is 3. The molecular weight excluding hydrogens is 366 g/mol. The number of carboxylic acid groups (broad SMARTS) is 1. The molecule has 0 saturated heterocycles. The molecule has 4 rings (SSSR count). The van der Waals surface area contributed by atoms with Crippen LogP contribution in [0.25, 0.3) is 0 Å². The van der Waals surface area contributed by atoms with E-state index in [1.165, 1.54) is 6.07 Å².